The summed E-state index contributed by atoms with van der Waals surface area (Å²) in [6.45, 7) is 1.02. The summed E-state index contributed by atoms with van der Waals surface area (Å²) in [6, 6.07) is 7.59. The summed E-state index contributed by atoms with van der Waals surface area (Å²) in [6.07, 6.45) is 6.22. The third kappa shape index (κ3) is 3.97. The van der Waals surface area contributed by atoms with Gasteiger partial charge in [0.1, 0.15) is 6.33 Å². The van der Waals surface area contributed by atoms with Gasteiger partial charge >= 0.3 is 0 Å². The van der Waals surface area contributed by atoms with Gasteiger partial charge in [-0.25, -0.2) is 4.68 Å². The first-order valence-electron chi connectivity index (χ1n) is 8.42. The van der Waals surface area contributed by atoms with Crippen LogP contribution >= 0.6 is 0 Å². The van der Waals surface area contributed by atoms with Crippen molar-refractivity contribution in [1.29, 1.82) is 0 Å². The van der Waals surface area contributed by atoms with Crippen molar-refractivity contribution in [2.75, 3.05) is 20.6 Å². The van der Waals surface area contributed by atoms with E-state index < -0.39 is 0 Å². The minimum absolute atomic E-state index is 0.00563. The first kappa shape index (κ1) is 16.6. The van der Waals surface area contributed by atoms with Crippen LogP contribution in [0.5, 0.6) is 0 Å². The Balaban J connectivity index is 1.65. The van der Waals surface area contributed by atoms with Gasteiger partial charge in [-0.2, -0.15) is 0 Å². The highest BCUT2D eigenvalue weighted by molar-refractivity contribution is 5.94. The number of hydrogen-bond donors (Lipinski definition) is 1. The third-order valence-electron chi connectivity index (χ3n) is 4.57. The summed E-state index contributed by atoms with van der Waals surface area (Å²) in [4.78, 5) is 14.8. The largest absolute Gasteiger partial charge is 0.349 e. The average molecular weight is 328 g/mol. The van der Waals surface area contributed by atoms with E-state index in [0.717, 1.165) is 18.7 Å². The fourth-order valence-corrected chi connectivity index (χ4v) is 3.38. The van der Waals surface area contributed by atoms with E-state index in [0.29, 0.717) is 11.5 Å². The fourth-order valence-electron chi connectivity index (χ4n) is 3.38. The molecule has 7 nitrogen and oxygen atoms in total. The van der Waals surface area contributed by atoms with Gasteiger partial charge in [-0.3, -0.25) is 4.79 Å². The molecule has 128 valence electrons. The minimum atomic E-state index is -0.00563. The first-order chi connectivity index (χ1) is 11.6. The van der Waals surface area contributed by atoms with E-state index in [9.17, 15) is 4.79 Å². The molecular weight excluding hydrogens is 304 g/mol. The molecule has 7 heteroatoms. The van der Waals surface area contributed by atoms with Gasteiger partial charge in [-0.15, -0.1) is 5.10 Å². The molecule has 1 N–H and O–H groups in total. The summed E-state index contributed by atoms with van der Waals surface area (Å²) >= 11 is 0. The van der Waals surface area contributed by atoms with E-state index in [1.807, 2.05) is 24.3 Å². The van der Waals surface area contributed by atoms with Crippen molar-refractivity contribution in [1.82, 2.24) is 30.4 Å². The molecule has 24 heavy (non-hydrogen) atoms. The van der Waals surface area contributed by atoms with Crippen molar-refractivity contribution in [3.63, 3.8) is 0 Å². The van der Waals surface area contributed by atoms with Crippen molar-refractivity contribution in [3.05, 3.63) is 36.2 Å². The van der Waals surface area contributed by atoms with Crippen LogP contribution in [0, 0.1) is 5.92 Å². The van der Waals surface area contributed by atoms with Crippen molar-refractivity contribution in [2.45, 2.75) is 31.7 Å². The topological polar surface area (TPSA) is 75.9 Å². The van der Waals surface area contributed by atoms with Crippen molar-refractivity contribution in [3.8, 4) is 5.69 Å². The van der Waals surface area contributed by atoms with Crippen LogP contribution in [-0.2, 0) is 0 Å². The summed E-state index contributed by atoms with van der Waals surface area (Å²) in [5, 5.41) is 14.3. The van der Waals surface area contributed by atoms with Crippen molar-refractivity contribution >= 4 is 5.91 Å². The number of nitrogens with zero attached hydrogens (tertiary/aromatic N) is 5. The van der Waals surface area contributed by atoms with Gasteiger partial charge in [-0.1, -0.05) is 12.8 Å². The lowest BCUT2D eigenvalue weighted by molar-refractivity contribution is 0.0895. The zero-order chi connectivity index (χ0) is 16.9. The molecule has 2 atom stereocenters. The summed E-state index contributed by atoms with van der Waals surface area (Å²) in [5.41, 5.74) is 1.50. The van der Waals surface area contributed by atoms with Crippen LogP contribution in [0.15, 0.2) is 30.6 Å². The number of benzene rings is 1. The van der Waals surface area contributed by atoms with Crippen LogP contribution in [-0.4, -0.2) is 57.7 Å². The van der Waals surface area contributed by atoms with Crippen LogP contribution in [0.3, 0.4) is 0 Å². The van der Waals surface area contributed by atoms with Gasteiger partial charge in [0.15, 0.2) is 0 Å². The first-order valence-corrected chi connectivity index (χ1v) is 8.42. The Bertz CT molecular complexity index is 652. The second kappa shape index (κ2) is 7.53. The molecule has 3 rings (SSSR count). The normalized spacial score (nSPS) is 21.0. The van der Waals surface area contributed by atoms with Crippen LogP contribution in [0.25, 0.3) is 5.69 Å². The van der Waals surface area contributed by atoms with Gasteiger partial charge < -0.3 is 10.2 Å². The second-order valence-corrected chi connectivity index (χ2v) is 6.69. The van der Waals surface area contributed by atoms with E-state index >= 15 is 0 Å². The quantitative estimate of drug-likeness (QED) is 0.900. The van der Waals surface area contributed by atoms with Crippen LogP contribution in [0.2, 0.25) is 0 Å². The average Bonchev–Trinajstić information content (AvgIpc) is 3.11. The maximum absolute atomic E-state index is 12.6. The van der Waals surface area contributed by atoms with E-state index in [1.54, 1.807) is 4.68 Å². The van der Waals surface area contributed by atoms with E-state index in [2.05, 4.69) is 39.8 Å². The molecule has 0 spiro atoms. The zero-order valence-electron chi connectivity index (χ0n) is 14.2. The predicted octanol–water partition coefficient (Wildman–Crippen LogP) is 1.51. The number of tetrazole rings is 1. The molecule has 2 aromatic rings. The zero-order valence-corrected chi connectivity index (χ0v) is 14.2. The molecule has 1 fully saturated rings. The SMILES string of the molecule is CN(C)CC1CCCCC1NC(=O)c1ccc(-n2cnnn2)cc1. The molecule has 1 aliphatic rings. The molecule has 0 bridgehead atoms. The van der Waals surface area contributed by atoms with Gasteiger partial charge in [-0.05, 0) is 67.5 Å². The van der Waals surface area contributed by atoms with Gasteiger partial charge in [0.25, 0.3) is 5.91 Å². The number of hydrogen-bond acceptors (Lipinski definition) is 5. The summed E-state index contributed by atoms with van der Waals surface area (Å²) < 4.78 is 1.57. The lowest BCUT2D eigenvalue weighted by Crippen LogP contribution is -2.45. The molecule has 0 radical (unpaired) electrons. The van der Waals surface area contributed by atoms with E-state index in [4.69, 9.17) is 0 Å². The second-order valence-electron chi connectivity index (χ2n) is 6.69. The smallest absolute Gasteiger partial charge is 0.251 e. The molecule has 0 saturated heterocycles. The van der Waals surface area contributed by atoms with Crippen molar-refractivity contribution in [2.24, 2.45) is 5.92 Å². The number of aromatic nitrogens is 4. The third-order valence-corrected chi connectivity index (χ3v) is 4.57. The van der Waals surface area contributed by atoms with Crippen LogP contribution in [0.4, 0.5) is 0 Å². The lowest BCUT2D eigenvalue weighted by Gasteiger charge is -2.34. The standard InChI is InChI=1S/C17H24N6O/c1-22(2)11-14-5-3-4-6-16(14)19-17(24)13-7-9-15(10-8-13)23-12-18-20-21-23/h7-10,12,14,16H,3-6,11H2,1-2H3,(H,19,24). The highest BCUT2D eigenvalue weighted by Gasteiger charge is 2.27. The highest BCUT2D eigenvalue weighted by atomic mass is 16.1. The van der Waals surface area contributed by atoms with Crippen LogP contribution in [0.1, 0.15) is 36.0 Å². The Hall–Kier alpha value is -2.28. The van der Waals surface area contributed by atoms with Crippen molar-refractivity contribution < 1.29 is 4.79 Å². The fraction of sp³-hybridized carbons (Fsp3) is 0.529. The predicted molar refractivity (Wildman–Crippen MR) is 90.9 cm³/mol. The molecule has 2 unspecified atom stereocenters. The molecule has 1 heterocycles. The number of nitrogens with one attached hydrogen (secondary N) is 1. The Labute approximate surface area is 142 Å². The lowest BCUT2D eigenvalue weighted by atomic mass is 9.84. The summed E-state index contributed by atoms with van der Waals surface area (Å²) in [5.74, 6) is 0.520. The summed E-state index contributed by atoms with van der Waals surface area (Å²) in [7, 11) is 4.18. The van der Waals surface area contributed by atoms with Gasteiger partial charge in [0.05, 0.1) is 5.69 Å². The van der Waals surface area contributed by atoms with Crippen LogP contribution < -0.4 is 5.32 Å². The van der Waals surface area contributed by atoms with E-state index in [1.165, 1.54) is 25.6 Å². The monoisotopic (exact) mass is 328 g/mol. The molecule has 1 aromatic heterocycles. The maximum atomic E-state index is 12.6. The number of amides is 1. The molecule has 1 aliphatic carbocycles. The minimum Gasteiger partial charge on any atom is -0.349 e. The Morgan fingerprint density at radius 3 is 2.67 bits per heavy atom. The van der Waals surface area contributed by atoms with E-state index in [-0.39, 0.29) is 11.9 Å². The molecule has 1 saturated carbocycles. The molecule has 1 aromatic carbocycles. The number of carbonyl (C=O) groups is 1. The van der Waals surface area contributed by atoms with Gasteiger partial charge in [0, 0.05) is 18.2 Å². The Kier molecular flexibility index (Phi) is 5.20. The molecular formula is C17H24N6O. The van der Waals surface area contributed by atoms with Gasteiger partial charge in [0.2, 0.25) is 0 Å². The number of rotatable bonds is 5. The Morgan fingerprint density at radius 1 is 1.25 bits per heavy atom. The maximum Gasteiger partial charge on any atom is 0.251 e. The Morgan fingerprint density at radius 2 is 2.00 bits per heavy atom. The molecule has 0 aliphatic heterocycles. The number of carbonyl (C=O) groups excluding carboxylic acids is 1. The molecule has 1 amide bonds. The highest BCUT2D eigenvalue weighted by Crippen LogP contribution is 2.25.